The highest BCUT2D eigenvalue weighted by atomic mass is 32.2. The maximum Gasteiger partial charge on any atom is 0.323 e. The molecule has 0 aliphatic heterocycles. The molecule has 3 N–H and O–H groups in total. The summed E-state index contributed by atoms with van der Waals surface area (Å²) in [7, 11) is 1.58. The van der Waals surface area contributed by atoms with Crippen LogP contribution in [-0.4, -0.2) is 42.7 Å². The van der Waals surface area contributed by atoms with E-state index in [1.165, 1.54) is 0 Å². The Bertz CT molecular complexity index is 1540. The topological polar surface area (TPSA) is 113 Å². The summed E-state index contributed by atoms with van der Waals surface area (Å²) in [4.78, 5) is 31.2. The highest BCUT2D eigenvalue weighted by Gasteiger charge is 2.21. The number of carbonyl (C=O) groups excluding carboxylic acids is 2. The number of ether oxygens (including phenoxy) is 3. The quantitative estimate of drug-likeness (QED) is 0.167. The van der Waals surface area contributed by atoms with Gasteiger partial charge >= 0.3 is 5.97 Å². The number of fused-ring (bicyclic) bond motifs is 1. The van der Waals surface area contributed by atoms with Gasteiger partial charge in [0.1, 0.15) is 12.1 Å². The summed E-state index contributed by atoms with van der Waals surface area (Å²) in [6.07, 6.45) is 7.47. The van der Waals surface area contributed by atoms with Crippen molar-refractivity contribution < 1.29 is 23.8 Å². The third-order valence-electron chi connectivity index (χ3n) is 6.59. The van der Waals surface area contributed by atoms with Crippen molar-refractivity contribution in [1.29, 1.82) is 0 Å². The SMILES string of the molecule is COc1cc2c(Sc3ccc(NC(=O)c4ccccc4)cc3)ccnc2cc1OCC[C@H](N)C(=O)OC1C=CCC1. The molecule has 1 aliphatic rings. The number of nitrogens with one attached hydrogen (secondary N) is 1. The molecule has 1 aromatic heterocycles. The van der Waals surface area contributed by atoms with E-state index in [1.807, 2.05) is 72.8 Å². The molecular formula is C32H31N3O5S. The number of methoxy groups -OCH3 is 1. The standard InChI is InChI=1S/C32H31N3O5S/c1-38-28-19-25-27(20-29(28)39-18-16-26(33)32(37)40-23-9-5-6-10-23)34-17-15-30(25)41-24-13-11-22(12-14-24)35-31(36)21-7-3-2-4-8-21/h2-5,7-9,11-15,17,19-20,23,26H,6,10,16,18,33H2,1H3,(H,35,36)/t23?,26-/m0/s1. The van der Waals surface area contributed by atoms with Gasteiger partial charge in [-0.2, -0.15) is 0 Å². The smallest absolute Gasteiger partial charge is 0.323 e. The molecule has 0 spiro atoms. The fourth-order valence-corrected chi connectivity index (χ4v) is 5.30. The van der Waals surface area contributed by atoms with Crippen LogP contribution in [-0.2, 0) is 9.53 Å². The van der Waals surface area contributed by atoms with Crippen molar-refractivity contribution in [3.8, 4) is 11.5 Å². The number of hydrogen-bond donors (Lipinski definition) is 2. The first kappa shape index (κ1) is 28.2. The number of nitrogens with two attached hydrogens (primary N) is 1. The molecule has 1 unspecified atom stereocenters. The monoisotopic (exact) mass is 569 g/mol. The van der Waals surface area contributed by atoms with Gasteiger partial charge in [-0.1, -0.05) is 36.0 Å². The highest BCUT2D eigenvalue weighted by Crippen LogP contribution is 2.38. The Morgan fingerprint density at radius 2 is 1.88 bits per heavy atom. The molecule has 0 saturated heterocycles. The van der Waals surface area contributed by atoms with Crippen molar-refractivity contribution in [1.82, 2.24) is 4.98 Å². The number of aromatic nitrogens is 1. The van der Waals surface area contributed by atoms with Crippen LogP contribution in [0.2, 0.25) is 0 Å². The first-order valence-electron chi connectivity index (χ1n) is 13.4. The molecule has 1 amide bonds. The van der Waals surface area contributed by atoms with Crippen LogP contribution in [0.1, 0.15) is 29.6 Å². The number of nitrogens with zero attached hydrogens (tertiary/aromatic N) is 1. The van der Waals surface area contributed by atoms with E-state index in [0.717, 1.165) is 39.2 Å². The molecule has 8 nitrogen and oxygen atoms in total. The van der Waals surface area contributed by atoms with Crippen LogP contribution in [0.3, 0.4) is 0 Å². The highest BCUT2D eigenvalue weighted by molar-refractivity contribution is 7.99. The van der Waals surface area contributed by atoms with Gasteiger partial charge in [-0.25, -0.2) is 0 Å². The average Bonchev–Trinajstić information content (AvgIpc) is 3.51. The number of hydrogen-bond acceptors (Lipinski definition) is 8. The van der Waals surface area contributed by atoms with Crippen LogP contribution < -0.4 is 20.5 Å². The summed E-state index contributed by atoms with van der Waals surface area (Å²) in [6, 6.07) is 21.7. The van der Waals surface area contributed by atoms with Crippen molar-refractivity contribution in [3.63, 3.8) is 0 Å². The maximum absolute atomic E-state index is 12.4. The molecule has 210 valence electrons. The minimum Gasteiger partial charge on any atom is -0.493 e. The van der Waals surface area contributed by atoms with Crippen LogP contribution in [0.15, 0.2) is 101 Å². The second-order valence-corrected chi connectivity index (χ2v) is 10.6. The Morgan fingerprint density at radius 1 is 1.07 bits per heavy atom. The normalized spacial score (nSPS) is 14.9. The summed E-state index contributed by atoms with van der Waals surface area (Å²) in [5, 5.41) is 3.83. The van der Waals surface area contributed by atoms with Gasteiger partial charge in [0.25, 0.3) is 5.91 Å². The molecule has 0 saturated carbocycles. The van der Waals surface area contributed by atoms with Gasteiger partial charge in [0.15, 0.2) is 11.5 Å². The molecule has 0 fully saturated rings. The first-order chi connectivity index (χ1) is 20.0. The molecule has 0 radical (unpaired) electrons. The van der Waals surface area contributed by atoms with E-state index in [4.69, 9.17) is 19.9 Å². The van der Waals surface area contributed by atoms with Crippen LogP contribution >= 0.6 is 11.8 Å². The third-order valence-corrected chi connectivity index (χ3v) is 7.67. The van der Waals surface area contributed by atoms with E-state index in [-0.39, 0.29) is 18.6 Å². The molecule has 1 aliphatic carbocycles. The van der Waals surface area contributed by atoms with E-state index in [1.54, 1.807) is 37.2 Å². The second-order valence-electron chi connectivity index (χ2n) is 9.50. The minimum atomic E-state index is -0.769. The maximum atomic E-state index is 12.4. The largest absolute Gasteiger partial charge is 0.493 e. The molecule has 5 rings (SSSR count). The second kappa shape index (κ2) is 13.3. The van der Waals surface area contributed by atoms with Crippen LogP contribution in [0, 0.1) is 0 Å². The van der Waals surface area contributed by atoms with Crippen LogP contribution in [0.5, 0.6) is 11.5 Å². The number of rotatable bonds is 11. The van der Waals surface area contributed by atoms with E-state index in [9.17, 15) is 9.59 Å². The lowest BCUT2D eigenvalue weighted by atomic mass is 10.2. The minimum absolute atomic E-state index is 0.153. The fraction of sp³-hybridized carbons (Fsp3) is 0.219. The predicted octanol–water partition coefficient (Wildman–Crippen LogP) is 6.00. The number of allylic oxidation sites excluding steroid dienone is 1. The van der Waals surface area contributed by atoms with Crippen molar-refractivity contribution in [2.75, 3.05) is 19.0 Å². The van der Waals surface area contributed by atoms with Gasteiger partial charge in [0.2, 0.25) is 0 Å². The Labute approximate surface area is 242 Å². The zero-order valence-corrected chi connectivity index (χ0v) is 23.4. The molecular weight excluding hydrogens is 538 g/mol. The van der Waals surface area contributed by atoms with E-state index in [2.05, 4.69) is 10.3 Å². The lowest BCUT2D eigenvalue weighted by Crippen LogP contribution is -2.35. The fourth-order valence-electron chi connectivity index (χ4n) is 4.37. The Kier molecular flexibility index (Phi) is 9.18. The zero-order chi connectivity index (χ0) is 28.6. The van der Waals surface area contributed by atoms with Crippen LogP contribution in [0.25, 0.3) is 10.9 Å². The lowest BCUT2D eigenvalue weighted by Gasteiger charge is -2.16. The molecule has 3 aromatic carbocycles. The molecule has 9 heteroatoms. The van der Waals surface area contributed by atoms with Gasteiger partial charge in [0.05, 0.1) is 19.2 Å². The number of pyridine rings is 1. The number of esters is 1. The Hall–Kier alpha value is -4.34. The summed E-state index contributed by atoms with van der Waals surface area (Å²) in [6.45, 7) is 0.222. The number of anilines is 1. The molecule has 2 atom stereocenters. The van der Waals surface area contributed by atoms with Gasteiger partial charge in [-0.15, -0.1) is 0 Å². The van der Waals surface area contributed by atoms with Crippen LogP contribution in [0.4, 0.5) is 5.69 Å². The molecule has 1 heterocycles. The lowest BCUT2D eigenvalue weighted by molar-refractivity contribution is -0.148. The van der Waals surface area contributed by atoms with E-state index in [0.29, 0.717) is 23.5 Å². The number of benzene rings is 3. The van der Waals surface area contributed by atoms with Gasteiger partial charge < -0.3 is 25.3 Å². The van der Waals surface area contributed by atoms with Crippen molar-refractivity contribution >= 4 is 40.2 Å². The Morgan fingerprint density at radius 3 is 2.61 bits per heavy atom. The molecule has 4 aromatic rings. The number of amides is 1. The summed E-state index contributed by atoms with van der Waals surface area (Å²) in [5.41, 5.74) is 8.10. The van der Waals surface area contributed by atoms with Crippen molar-refractivity contribution in [2.24, 2.45) is 5.73 Å². The van der Waals surface area contributed by atoms with Gasteiger partial charge in [-0.05, 0) is 67.4 Å². The third kappa shape index (κ3) is 7.25. The Balaban J connectivity index is 1.22. The van der Waals surface area contributed by atoms with Gasteiger partial charge in [-0.3, -0.25) is 14.6 Å². The number of carbonyl (C=O) groups is 2. The summed E-state index contributed by atoms with van der Waals surface area (Å²) >= 11 is 1.58. The predicted molar refractivity (Wildman–Crippen MR) is 160 cm³/mol. The first-order valence-corrected chi connectivity index (χ1v) is 14.2. The summed E-state index contributed by atoms with van der Waals surface area (Å²) in [5.74, 6) is 0.497. The van der Waals surface area contributed by atoms with Crippen molar-refractivity contribution in [3.05, 3.63) is 96.7 Å². The average molecular weight is 570 g/mol. The molecule has 41 heavy (non-hydrogen) atoms. The molecule has 0 bridgehead atoms. The van der Waals surface area contributed by atoms with Gasteiger partial charge in [0, 0.05) is 45.1 Å². The van der Waals surface area contributed by atoms with E-state index < -0.39 is 12.0 Å². The summed E-state index contributed by atoms with van der Waals surface area (Å²) < 4.78 is 17.0. The van der Waals surface area contributed by atoms with Crippen molar-refractivity contribution in [2.45, 2.75) is 41.2 Å². The van der Waals surface area contributed by atoms with E-state index >= 15 is 0 Å². The zero-order valence-electron chi connectivity index (χ0n) is 22.6.